The van der Waals surface area contributed by atoms with Gasteiger partial charge in [-0.25, -0.2) is 4.98 Å². The quantitative estimate of drug-likeness (QED) is 0.398. The van der Waals surface area contributed by atoms with Crippen LogP contribution in [0, 0.1) is 0 Å². The second kappa shape index (κ2) is 7.81. The number of ether oxygens (including phenoxy) is 1. The van der Waals surface area contributed by atoms with Gasteiger partial charge in [0.2, 0.25) is 0 Å². The fourth-order valence-electron chi connectivity index (χ4n) is 2.45. The van der Waals surface area contributed by atoms with E-state index < -0.39 is 0 Å². The topological polar surface area (TPSA) is 39.2 Å². The Morgan fingerprint density at radius 1 is 1.00 bits per heavy atom. The molecule has 5 heteroatoms. The van der Waals surface area contributed by atoms with E-state index in [2.05, 4.69) is 15.9 Å². The minimum atomic E-state index is 0.00683. The molecule has 1 aromatic heterocycles. The molecule has 0 saturated heterocycles. The molecule has 0 atom stereocenters. The van der Waals surface area contributed by atoms with E-state index in [1.165, 1.54) is 0 Å². The highest BCUT2D eigenvalue weighted by molar-refractivity contribution is 9.09. The SMILES string of the molecule is COc1ccc(-c2cc(C(=O)CBr)cc(-c3ccc(Cl)cc3)n2)cc1. The first-order chi connectivity index (χ1) is 12.1. The molecular formula is C20H15BrClNO2. The second-order valence-electron chi connectivity index (χ2n) is 5.42. The molecule has 0 bridgehead atoms. The summed E-state index contributed by atoms with van der Waals surface area (Å²) >= 11 is 9.20. The van der Waals surface area contributed by atoms with Gasteiger partial charge >= 0.3 is 0 Å². The van der Waals surface area contributed by atoms with Crippen molar-refractivity contribution in [3.63, 3.8) is 0 Å². The van der Waals surface area contributed by atoms with Gasteiger partial charge in [0.25, 0.3) is 0 Å². The molecule has 0 saturated carbocycles. The molecule has 0 aliphatic carbocycles. The number of hydrogen-bond donors (Lipinski definition) is 0. The maximum absolute atomic E-state index is 12.2. The summed E-state index contributed by atoms with van der Waals surface area (Å²) in [4.78, 5) is 16.9. The molecule has 3 nitrogen and oxygen atoms in total. The maximum atomic E-state index is 12.2. The summed E-state index contributed by atoms with van der Waals surface area (Å²) < 4.78 is 5.20. The predicted octanol–water partition coefficient (Wildman–Crippen LogP) is 5.66. The van der Waals surface area contributed by atoms with Crippen LogP contribution < -0.4 is 4.74 Å². The number of carbonyl (C=O) groups is 1. The van der Waals surface area contributed by atoms with E-state index in [1.54, 1.807) is 13.2 Å². The summed E-state index contributed by atoms with van der Waals surface area (Å²) in [5, 5.41) is 0.922. The van der Waals surface area contributed by atoms with Crippen molar-refractivity contribution in [2.45, 2.75) is 0 Å². The third-order valence-corrected chi connectivity index (χ3v) is 4.56. The second-order valence-corrected chi connectivity index (χ2v) is 6.42. The van der Waals surface area contributed by atoms with Crippen molar-refractivity contribution in [3.05, 3.63) is 71.2 Å². The summed E-state index contributed by atoms with van der Waals surface area (Å²) in [5.74, 6) is 0.779. The van der Waals surface area contributed by atoms with E-state index in [-0.39, 0.29) is 11.1 Å². The van der Waals surface area contributed by atoms with Crippen LogP contribution in [-0.4, -0.2) is 23.2 Å². The van der Waals surface area contributed by atoms with E-state index >= 15 is 0 Å². The highest BCUT2D eigenvalue weighted by Gasteiger charge is 2.12. The van der Waals surface area contributed by atoms with Gasteiger partial charge in [0.1, 0.15) is 5.75 Å². The summed E-state index contributed by atoms with van der Waals surface area (Å²) in [6, 6.07) is 18.6. The van der Waals surface area contributed by atoms with Crippen molar-refractivity contribution in [3.8, 4) is 28.3 Å². The van der Waals surface area contributed by atoms with Crippen molar-refractivity contribution >= 4 is 33.3 Å². The highest BCUT2D eigenvalue weighted by Crippen LogP contribution is 2.27. The van der Waals surface area contributed by atoms with Gasteiger partial charge in [0, 0.05) is 21.7 Å². The van der Waals surface area contributed by atoms with Crippen LogP contribution in [0.2, 0.25) is 5.02 Å². The van der Waals surface area contributed by atoms with Crippen molar-refractivity contribution in [2.24, 2.45) is 0 Å². The number of alkyl halides is 1. The third-order valence-electron chi connectivity index (χ3n) is 3.79. The molecule has 0 N–H and O–H groups in total. The van der Waals surface area contributed by atoms with Crippen LogP contribution in [0.4, 0.5) is 0 Å². The summed E-state index contributed by atoms with van der Waals surface area (Å²) in [6.07, 6.45) is 0. The predicted molar refractivity (Wildman–Crippen MR) is 105 cm³/mol. The highest BCUT2D eigenvalue weighted by atomic mass is 79.9. The fourth-order valence-corrected chi connectivity index (χ4v) is 2.90. The van der Waals surface area contributed by atoms with Gasteiger partial charge in [-0.05, 0) is 48.5 Å². The Labute approximate surface area is 159 Å². The van der Waals surface area contributed by atoms with Gasteiger partial charge in [-0.15, -0.1) is 0 Å². The molecule has 0 radical (unpaired) electrons. The minimum Gasteiger partial charge on any atom is -0.497 e. The van der Waals surface area contributed by atoms with E-state index in [9.17, 15) is 4.79 Å². The van der Waals surface area contributed by atoms with Crippen molar-refractivity contribution < 1.29 is 9.53 Å². The smallest absolute Gasteiger partial charge is 0.173 e. The first kappa shape index (κ1) is 17.6. The molecular weight excluding hydrogens is 402 g/mol. The number of nitrogens with zero attached hydrogens (tertiary/aromatic N) is 1. The lowest BCUT2D eigenvalue weighted by molar-refractivity contribution is 0.102. The lowest BCUT2D eigenvalue weighted by Gasteiger charge is -2.09. The molecule has 3 rings (SSSR count). The fraction of sp³-hybridized carbons (Fsp3) is 0.100. The molecule has 25 heavy (non-hydrogen) atoms. The average molecular weight is 417 g/mol. The van der Waals surface area contributed by atoms with Crippen molar-refractivity contribution in [2.75, 3.05) is 12.4 Å². The van der Waals surface area contributed by atoms with Gasteiger partial charge < -0.3 is 4.74 Å². The molecule has 0 amide bonds. The molecule has 0 unspecified atom stereocenters. The summed E-state index contributed by atoms with van der Waals surface area (Å²) in [7, 11) is 1.63. The summed E-state index contributed by atoms with van der Waals surface area (Å²) in [6.45, 7) is 0. The summed E-state index contributed by atoms with van der Waals surface area (Å²) in [5.41, 5.74) is 3.90. The molecule has 1 heterocycles. The van der Waals surface area contributed by atoms with Gasteiger partial charge in [-0.3, -0.25) is 4.79 Å². The normalized spacial score (nSPS) is 10.5. The van der Waals surface area contributed by atoms with Crippen LogP contribution in [0.15, 0.2) is 60.7 Å². The third kappa shape index (κ3) is 4.09. The molecule has 3 aromatic rings. The number of Topliss-reactive ketones (excluding diaryl/α,β-unsaturated/α-hetero) is 1. The number of rotatable bonds is 5. The first-order valence-electron chi connectivity index (χ1n) is 7.62. The van der Waals surface area contributed by atoms with Crippen LogP contribution in [-0.2, 0) is 0 Å². The minimum absolute atomic E-state index is 0.00683. The van der Waals surface area contributed by atoms with Gasteiger partial charge in [-0.1, -0.05) is 39.7 Å². The Balaban J connectivity index is 2.12. The molecule has 0 fully saturated rings. The molecule has 0 aliphatic heterocycles. The van der Waals surface area contributed by atoms with E-state index in [1.807, 2.05) is 54.6 Å². The number of methoxy groups -OCH3 is 1. The largest absolute Gasteiger partial charge is 0.497 e. The van der Waals surface area contributed by atoms with Gasteiger partial charge in [0.15, 0.2) is 5.78 Å². The lowest BCUT2D eigenvalue weighted by atomic mass is 10.0. The Morgan fingerprint density at radius 3 is 2.00 bits per heavy atom. The molecule has 0 spiro atoms. The van der Waals surface area contributed by atoms with Crippen LogP contribution in [0.3, 0.4) is 0 Å². The zero-order chi connectivity index (χ0) is 17.8. The number of aromatic nitrogens is 1. The standard InChI is InChI=1S/C20H15BrClNO2/c1-25-17-8-4-14(5-9-17)19-11-15(20(24)12-21)10-18(23-19)13-2-6-16(22)7-3-13/h2-11H,12H2,1H3. The van der Waals surface area contributed by atoms with Crippen LogP contribution in [0.25, 0.3) is 22.5 Å². The number of hydrogen-bond acceptors (Lipinski definition) is 3. The Hall–Kier alpha value is -2.17. The first-order valence-corrected chi connectivity index (χ1v) is 9.12. The lowest BCUT2D eigenvalue weighted by Crippen LogP contribution is -2.02. The monoisotopic (exact) mass is 415 g/mol. The molecule has 126 valence electrons. The van der Waals surface area contributed by atoms with E-state index in [4.69, 9.17) is 21.3 Å². The van der Waals surface area contributed by atoms with Gasteiger partial charge in [-0.2, -0.15) is 0 Å². The van der Waals surface area contributed by atoms with Crippen LogP contribution in [0.5, 0.6) is 5.75 Å². The number of benzene rings is 2. The van der Waals surface area contributed by atoms with Crippen molar-refractivity contribution in [1.82, 2.24) is 4.98 Å². The zero-order valence-electron chi connectivity index (χ0n) is 13.5. The number of carbonyl (C=O) groups excluding carboxylic acids is 1. The van der Waals surface area contributed by atoms with E-state index in [0.717, 1.165) is 28.3 Å². The Bertz CT molecular complexity index is 893. The van der Waals surface area contributed by atoms with E-state index in [0.29, 0.717) is 10.6 Å². The number of ketones is 1. The number of halogens is 2. The zero-order valence-corrected chi connectivity index (χ0v) is 15.8. The Morgan fingerprint density at radius 2 is 1.52 bits per heavy atom. The van der Waals surface area contributed by atoms with Crippen LogP contribution >= 0.6 is 27.5 Å². The number of pyridine rings is 1. The maximum Gasteiger partial charge on any atom is 0.173 e. The van der Waals surface area contributed by atoms with Crippen molar-refractivity contribution in [1.29, 1.82) is 0 Å². The van der Waals surface area contributed by atoms with Gasteiger partial charge in [0.05, 0.1) is 23.8 Å². The van der Waals surface area contributed by atoms with Crippen LogP contribution in [0.1, 0.15) is 10.4 Å². The molecule has 2 aromatic carbocycles. The Kier molecular flexibility index (Phi) is 5.51. The average Bonchev–Trinajstić information content (AvgIpc) is 2.67. The molecule has 0 aliphatic rings.